The van der Waals surface area contributed by atoms with E-state index in [-0.39, 0.29) is 16.3 Å². The number of carbonyl (C=O) groups excluding carboxylic acids is 2. The van der Waals surface area contributed by atoms with Gasteiger partial charge in [0.15, 0.2) is 5.76 Å². The number of halogens is 2. The fraction of sp³-hybridized carbons (Fsp3) is 0.235. The van der Waals surface area contributed by atoms with Crippen LogP contribution in [0.15, 0.2) is 27.7 Å². The van der Waals surface area contributed by atoms with Crippen molar-refractivity contribution in [3.8, 4) is 0 Å². The third-order valence-electron chi connectivity index (χ3n) is 4.02. The lowest BCUT2D eigenvalue weighted by atomic mass is 9.93. The summed E-state index contributed by atoms with van der Waals surface area (Å²) >= 11 is 11.9. The zero-order valence-corrected chi connectivity index (χ0v) is 14.9. The minimum Gasteiger partial charge on any atom is -0.455 e. The molecule has 0 aliphatic heterocycles. The van der Waals surface area contributed by atoms with Crippen LogP contribution in [-0.2, 0) is 6.42 Å². The molecule has 2 amide bonds. The Morgan fingerprint density at radius 2 is 2.04 bits per heavy atom. The number of hydrogen-bond acceptors (Lipinski definition) is 4. The Hall–Kier alpha value is -2.31. The summed E-state index contributed by atoms with van der Waals surface area (Å²) in [6, 6.07) is 4.59. The molecule has 1 aliphatic rings. The lowest BCUT2D eigenvalue weighted by Gasteiger charge is -2.13. The van der Waals surface area contributed by atoms with Gasteiger partial charge in [-0.3, -0.25) is 9.59 Å². The second-order valence-corrected chi connectivity index (χ2v) is 6.54. The first-order valence-electron chi connectivity index (χ1n) is 7.63. The van der Waals surface area contributed by atoms with Crippen LogP contribution in [0, 0.1) is 6.92 Å². The van der Waals surface area contributed by atoms with Gasteiger partial charge in [0.1, 0.15) is 5.76 Å². The number of nitrogens with one attached hydrogen (secondary N) is 1. The lowest BCUT2D eigenvalue weighted by Crippen LogP contribution is -2.22. The number of nitrogens with zero attached hydrogens (tertiary/aromatic N) is 1. The largest absolute Gasteiger partial charge is 0.455 e. The van der Waals surface area contributed by atoms with Crippen molar-refractivity contribution in [1.29, 1.82) is 0 Å². The van der Waals surface area contributed by atoms with E-state index in [0.717, 1.165) is 12.0 Å². The summed E-state index contributed by atoms with van der Waals surface area (Å²) in [5.74, 6) is -0.275. The molecule has 25 heavy (non-hydrogen) atoms. The molecule has 8 heteroatoms. The van der Waals surface area contributed by atoms with Gasteiger partial charge in [0, 0.05) is 22.6 Å². The van der Waals surface area contributed by atoms with Crippen molar-refractivity contribution in [3.63, 3.8) is 0 Å². The van der Waals surface area contributed by atoms with Gasteiger partial charge >= 0.3 is 0 Å². The predicted octanol–water partition coefficient (Wildman–Crippen LogP) is 3.46. The van der Waals surface area contributed by atoms with E-state index in [4.69, 9.17) is 33.4 Å². The molecular formula is C17H15Cl2N3O3. The van der Waals surface area contributed by atoms with Gasteiger partial charge in [-0.05, 0) is 38.0 Å². The van der Waals surface area contributed by atoms with Gasteiger partial charge in [-0.1, -0.05) is 23.2 Å². The van der Waals surface area contributed by atoms with Crippen molar-refractivity contribution >= 4 is 40.7 Å². The number of aryl methyl sites for hydroxylation is 1. The van der Waals surface area contributed by atoms with E-state index < -0.39 is 11.8 Å². The summed E-state index contributed by atoms with van der Waals surface area (Å²) in [4.78, 5) is 23.7. The second kappa shape index (κ2) is 6.90. The Morgan fingerprint density at radius 3 is 2.72 bits per heavy atom. The van der Waals surface area contributed by atoms with Crippen molar-refractivity contribution in [3.05, 3.63) is 56.5 Å². The van der Waals surface area contributed by atoms with Crippen molar-refractivity contribution in [1.82, 2.24) is 5.43 Å². The first kappa shape index (κ1) is 17.5. The third-order valence-corrected chi connectivity index (χ3v) is 4.57. The number of rotatable bonds is 3. The average Bonchev–Trinajstić information content (AvgIpc) is 2.90. The molecule has 2 aromatic rings. The molecule has 0 radical (unpaired) electrons. The first-order chi connectivity index (χ1) is 11.9. The molecule has 6 nitrogen and oxygen atoms in total. The zero-order valence-electron chi connectivity index (χ0n) is 13.4. The van der Waals surface area contributed by atoms with E-state index in [2.05, 4.69) is 10.5 Å². The number of furan rings is 1. The van der Waals surface area contributed by atoms with Gasteiger partial charge < -0.3 is 10.2 Å². The maximum Gasteiger partial charge on any atom is 0.284 e. The fourth-order valence-electron chi connectivity index (χ4n) is 2.87. The topological polar surface area (TPSA) is 97.7 Å². The molecular weight excluding hydrogens is 365 g/mol. The molecule has 0 bridgehead atoms. The van der Waals surface area contributed by atoms with Crippen LogP contribution in [-0.4, -0.2) is 17.5 Å². The molecule has 0 fully saturated rings. The van der Waals surface area contributed by atoms with Crippen LogP contribution >= 0.6 is 23.2 Å². The van der Waals surface area contributed by atoms with Gasteiger partial charge in [0.2, 0.25) is 0 Å². The second-order valence-electron chi connectivity index (χ2n) is 5.70. The van der Waals surface area contributed by atoms with Gasteiger partial charge in [-0.2, -0.15) is 5.10 Å². The van der Waals surface area contributed by atoms with Crippen LogP contribution in [0.4, 0.5) is 0 Å². The molecule has 0 unspecified atom stereocenters. The fourth-order valence-corrected chi connectivity index (χ4v) is 3.36. The molecule has 0 spiro atoms. The maximum atomic E-state index is 12.3. The standard InChI is InChI=1S/C17H15Cl2N3O3/c1-8-14-12(3-2-4-13(14)25-15(8)16(20)23)21-22-17(24)10-6-5-9(18)7-11(10)19/h5-7H,2-4H2,1H3,(H2,20,23)(H,22,24)/b21-12+. The molecule has 0 saturated heterocycles. The average molecular weight is 380 g/mol. The van der Waals surface area contributed by atoms with Gasteiger partial charge in [-0.25, -0.2) is 5.43 Å². The Kier molecular flexibility index (Phi) is 4.83. The number of primary amides is 1. The Morgan fingerprint density at radius 1 is 1.28 bits per heavy atom. The normalized spacial score (nSPS) is 15.1. The molecule has 3 N–H and O–H groups in total. The number of fused-ring (bicyclic) bond motifs is 1. The van der Waals surface area contributed by atoms with Crippen LogP contribution in [0.3, 0.4) is 0 Å². The Balaban J connectivity index is 1.89. The monoisotopic (exact) mass is 379 g/mol. The van der Waals surface area contributed by atoms with Crippen LogP contribution < -0.4 is 11.2 Å². The summed E-state index contributed by atoms with van der Waals surface area (Å²) in [5, 5.41) is 4.89. The number of nitrogens with two attached hydrogens (primary N) is 1. The highest BCUT2D eigenvalue weighted by molar-refractivity contribution is 6.36. The number of hydrogen-bond donors (Lipinski definition) is 2. The molecule has 130 valence electrons. The SMILES string of the molecule is Cc1c(C(N)=O)oc2c1/C(=N/NC(=O)c1ccc(Cl)cc1Cl)CCC2. The highest BCUT2D eigenvalue weighted by Crippen LogP contribution is 2.29. The summed E-state index contributed by atoms with van der Waals surface area (Å²) in [5.41, 5.74) is 10.1. The van der Waals surface area contributed by atoms with Crippen LogP contribution in [0.1, 0.15) is 50.6 Å². The smallest absolute Gasteiger partial charge is 0.284 e. The van der Waals surface area contributed by atoms with Crippen molar-refractivity contribution in [2.75, 3.05) is 0 Å². The third kappa shape index (κ3) is 3.41. The van der Waals surface area contributed by atoms with E-state index in [9.17, 15) is 9.59 Å². The molecule has 1 aromatic carbocycles. The van der Waals surface area contributed by atoms with Gasteiger partial charge in [0.25, 0.3) is 11.8 Å². The minimum atomic E-state index is -0.622. The summed E-state index contributed by atoms with van der Waals surface area (Å²) in [6.07, 6.45) is 2.15. The van der Waals surface area contributed by atoms with E-state index in [1.807, 2.05) is 0 Å². The van der Waals surface area contributed by atoms with E-state index in [1.165, 1.54) is 12.1 Å². The summed E-state index contributed by atoms with van der Waals surface area (Å²) < 4.78 is 5.55. The minimum absolute atomic E-state index is 0.131. The van der Waals surface area contributed by atoms with Crippen molar-refractivity contribution in [2.45, 2.75) is 26.2 Å². The first-order valence-corrected chi connectivity index (χ1v) is 8.38. The van der Waals surface area contributed by atoms with Crippen molar-refractivity contribution < 1.29 is 14.0 Å². The van der Waals surface area contributed by atoms with E-state index in [1.54, 1.807) is 13.0 Å². The van der Waals surface area contributed by atoms with Crippen LogP contribution in [0.5, 0.6) is 0 Å². The highest BCUT2D eigenvalue weighted by Gasteiger charge is 2.27. The van der Waals surface area contributed by atoms with Crippen LogP contribution in [0.25, 0.3) is 0 Å². The van der Waals surface area contributed by atoms with E-state index >= 15 is 0 Å². The maximum absolute atomic E-state index is 12.3. The number of carbonyl (C=O) groups is 2. The number of hydrazone groups is 1. The summed E-state index contributed by atoms with van der Waals surface area (Å²) in [6.45, 7) is 1.75. The van der Waals surface area contributed by atoms with E-state index in [0.29, 0.717) is 34.9 Å². The Bertz CT molecular complexity index is 903. The zero-order chi connectivity index (χ0) is 18.1. The molecule has 0 atom stereocenters. The molecule has 3 rings (SSSR count). The Labute approximate surface area is 154 Å². The molecule has 1 aliphatic carbocycles. The summed E-state index contributed by atoms with van der Waals surface area (Å²) in [7, 11) is 0. The van der Waals surface area contributed by atoms with Gasteiger partial charge in [0.05, 0.1) is 16.3 Å². The predicted molar refractivity (Wildman–Crippen MR) is 95.4 cm³/mol. The van der Waals surface area contributed by atoms with Crippen LogP contribution in [0.2, 0.25) is 10.0 Å². The van der Waals surface area contributed by atoms with Gasteiger partial charge in [-0.15, -0.1) is 0 Å². The van der Waals surface area contributed by atoms with Crippen molar-refractivity contribution in [2.24, 2.45) is 10.8 Å². The molecule has 1 heterocycles. The number of amides is 2. The quantitative estimate of drug-likeness (QED) is 0.798. The number of benzene rings is 1. The lowest BCUT2D eigenvalue weighted by molar-refractivity contribution is 0.0952. The molecule has 0 saturated carbocycles. The molecule has 1 aromatic heterocycles. The highest BCUT2D eigenvalue weighted by atomic mass is 35.5.